The van der Waals surface area contributed by atoms with E-state index in [9.17, 15) is 0 Å². The first-order valence-corrected chi connectivity index (χ1v) is 6.64. The molecule has 0 aromatic carbocycles. The summed E-state index contributed by atoms with van der Waals surface area (Å²) in [5.41, 5.74) is 1.81. The van der Waals surface area contributed by atoms with Crippen LogP contribution in [0, 0.1) is 5.92 Å². The van der Waals surface area contributed by atoms with Crippen molar-refractivity contribution in [3.8, 4) is 0 Å². The minimum Gasteiger partial charge on any atom is -0.320 e. The maximum atomic E-state index is 5.95. The summed E-state index contributed by atoms with van der Waals surface area (Å²) < 4.78 is 2.00. The molecule has 0 amide bonds. The van der Waals surface area contributed by atoms with Gasteiger partial charge in [-0.25, -0.2) is 0 Å². The van der Waals surface area contributed by atoms with Crippen LogP contribution in [0.15, 0.2) is 42.2 Å². The summed E-state index contributed by atoms with van der Waals surface area (Å²) in [7, 11) is 7.93. The van der Waals surface area contributed by atoms with Crippen LogP contribution in [-0.4, -0.2) is 22.6 Å². The van der Waals surface area contributed by atoms with Gasteiger partial charge in [0.05, 0.1) is 5.41 Å². The van der Waals surface area contributed by atoms with Crippen LogP contribution in [0.25, 0.3) is 0 Å². The minimum atomic E-state index is -0.0833. The molecule has 0 bridgehead atoms. The van der Waals surface area contributed by atoms with E-state index in [0.717, 1.165) is 29.7 Å². The average molecular weight is 253 g/mol. The van der Waals surface area contributed by atoms with Crippen molar-refractivity contribution < 1.29 is 0 Å². The topological polar surface area (TPSA) is 30.7 Å². The molecule has 1 heterocycles. The highest BCUT2D eigenvalue weighted by molar-refractivity contribution is 6.23. The number of rotatable bonds is 4. The van der Waals surface area contributed by atoms with Crippen LogP contribution >= 0.6 is 0 Å². The SMILES string of the molecule is [B]C(=C/C)/C=C(\C=C)C1(c2nncn2C)CC(C)C1. The standard InChI is InChI=1S/C15H20BN3/c1-5-12(7-13(16)6-2)15(8-11(3)9-15)14-18-17-10-19(14)4/h5-7,10-11H,1,8-9H2,2-4H3/b12-7+,13-6+. The second-order valence-corrected chi connectivity index (χ2v) is 5.45. The lowest BCUT2D eigenvalue weighted by atomic mass is 9.57. The lowest BCUT2D eigenvalue weighted by molar-refractivity contribution is 0.184. The van der Waals surface area contributed by atoms with Gasteiger partial charge in [-0.1, -0.05) is 31.7 Å². The zero-order valence-electron chi connectivity index (χ0n) is 11.9. The fraction of sp³-hybridized carbons (Fsp3) is 0.467. The summed E-state index contributed by atoms with van der Waals surface area (Å²) in [6.45, 7) is 8.15. The monoisotopic (exact) mass is 253 g/mol. The number of hydrogen-bond donors (Lipinski definition) is 0. The molecule has 0 saturated heterocycles. The summed E-state index contributed by atoms with van der Waals surface area (Å²) in [4.78, 5) is 0. The van der Waals surface area contributed by atoms with Gasteiger partial charge in [0.25, 0.3) is 0 Å². The first-order valence-electron chi connectivity index (χ1n) is 6.64. The van der Waals surface area contributed by atoms with Crippen LogP contribution in [0.5, 0.6) is 0 Å². The number of aromatic nitrogens is 3. The quantitative estimate of drug-likeness (QED) is 0.610. The van der Waals surface area contributed by atoms with E-state index in [2.05, 4.69) is 23.7 Å². The third kappa shape index (κ3) is 2.31. The molecule has 0 N–H and O–H groups in total. The van der Waals surface area contributed by atoms with E-state index < -0.39 is 0 Å². The van der Waals surface area contributed by atoms with E-state index in [1.165, 1.54) is 0 Å². The van der Waals surface area contributed by atoms with Gasteiger partial charge in [0, 0.05) is 7.05 Å². The summed E-state index contributed by atoms with van der Waals surface area (Å²) in [5.74, 6) is 1.69. The molecule has 1 aromatic heterocycles. The molecule has 1 aromatic rings. The summed E-state index contributed by atoms with van der Waals surface area (Å²) in [5, 5.41) is 8.33. The third-order valence-corrected chi connectivity index (χ3v) is 3.96. The molecule has 4 heteroatoms. The Labute approximate surface area is 116 Å². The molecule has 0 unspecified atom stereocenters. The Bertz CT molecular complexity index is 533. The molecule has 0 atom stereocenters. The van der Waals surface area contributed by atoms with E-state index in [1.807, 2.05) is 36.8 Å². The molecule has 1 aliphatic carbocycles. The Morgan fingerprint density at radius 2 is 2.26 bits per heavy atom. The molecule has 1 saturated carbocycles. The van der Waals surface area contributed by atoms with E-state index in [0.29, 0.717) is 5.92 Å². The van der Waals surface area contributed by atoms with Gasteiger partial charge in [-0.3, -0.25) is 0 Å². The molecular weight excluding hydrogens is 233 g/mol. The van der Waals surface area contributed by atoms with Gasteiger partial charge in [-0.05, 0) is 31.3 Å². The Morgan fingerprint density at radius 1 is 1.58 bits per heavy atom. The van der Waals surface area contributed by atoms with Crippen LogP contribution in [0.1, 0.15) is 32.5 Å². The Kier molecular flexibility index (Phi) is 3.79. The van der Waals surface area contributed by atoms with Crippen LogP contribution in [0.4, 0.5) is 0 Å². The molecule has 2 rings (SSSR count). The van der Waals surface area contributed by atoms with Crippen molar-refractivity contribution in [3.05, 3.63) is 48.0 Å². The highest BCUT2D eigenvalue weighted by Gasteiger charge is 2.48. The fourth-order valence-electron chi connectivity index (χ4n) is 3.05. The van der Waals surface area contributed by atoms with Crippen LogP contribution in [-0.2, 0) is 12.5 Å². The first-order chi connectivity index (χ1) is 9.03. The molecular formula is C15H20BN3. The van der Waals surface area contributed by atoms with Crippen molar-refractivity contribution in [1.82, 2.24) is 14.8 Å². The van der Waals surface area contributed by atoms with Gasteiger partial charge >= 0.3 is 0 Å². The average Bonchev–Trinajstić information content (AvgIpc) is 2.78. The van der Waals surface area contributed by atoms with Crippen LogP contribution in [0.3, 0.4) is 0 Å². The van der Waals surface area contributed by atoms with Gasteiger partial charge < -0.3 is 4.57 Å². The smallest absolute Gasteiger partial charge is 0.143 e. The van der Waals surface area contributed by atoms with E-state index in [1.54, 1.807) is 6.33 Å². The molecule has 0 spiro atoms. The van der Waals surface area contributed by atoms with Gasteiger partial charge in [0.2, 0.25) is 0 Å². The highest BCUT2D eigenvalue weighted by atomic mass is 15.3. The fourth-order valence-corrected chi connectivity index (χ4v) is 3.05. The zero-order chi connectivity index (χ0) is 14.0. The lowest BCUT2D eigenvalue weighted by Crippen LogP contribution is -2.43. The van der Waals surface area contributed by atoms with E-state index >= 15 is 0 Å². The van der Waals surface area contributed by atoms with Crippen molar-refractivity contribution in [2.45, 2.75) is 32.1 Å². The predicted molar refractivity (Wildman–Crippen MR) is 78.9 cm³/mol. The number of aryl methyl sites for hydroxylation is 1. The van der Waals surface area contributed by atoms with Gasteiger partial charge in [-0.2, -0.15) is 0 Å². The summed E-state index contributed by atoms with van der Waals surface area (Å²) >= 11 is 0. The van der Waals surface area contributed by atoms with Crippen molar-refractivity contribution in [3.63, 3.8) is 0 Å². The molecule has 1 aliphatic rings. The maximum Gasteiger partial charge on any atom is 0.143 e. The van der Waals surface area contributed by atoms with Crippen molar-refractivity contribution in [1.29, 1.82) is 0 Å². The molecule has 3 nitrogen and oxygen atoms in total. The molecule has 98 valence electrons. The Morgan fingerprint density at radius 3 is 2.68 bits per heavy atom. The lowest BCUT2D eigenvalue weighted by Gasteiger charge is -2.46. The first kappa shape index (κ1) is 13.8. The van der Waals surface area contributed by atoms with Crippen LogP contribution < -0.4 is 0 Å². The Balaban J connectivity index is 2.49. The normalized spacial score (nSPS) is 28.1. The summed E-state index contributed by atoms with van der Waals surface area (Å²) in [6, 6.07) is 0. The van der Waals surface area contributed by atoms with Crippen molar-refractivity contribution >= 4 is 7.85 Å². The highest BCUT2D eigenvalue weighted by Crippen LogP contribution is 2.52. The minimum absolute atomic E-state index is 0.0833. The van der Waals surface area contributed by atoms with Crippen molar-refractivity contribution in [2.75, 3.05) is 0 Å². The molecule has 2 radical (unpaired) electrons. The van der Waals surface area contributed by atoms with Gasteiger partial charge in [-0.15, -0.1) is 15.7 Å². The second kappa shape index (κ2) is 5.20. The Hall–Kier alpha value is -1.58. The zero-order valence-corrected chi connectivity index (χ0v) is 11.9. The van der Waals surface area contributed by atoms with E-state index in [4.69, 9.17) is 7.85 Å². The maximum absolute atomic E-state index is 5.95. The largest absolute Gasteiger partial charge is 0.320 e. The second-order valence-electron chi connectivity index (χ2n) is 5.45. The molecule has 0 aliphatic heterocycles. The van der Waals surface area contributed by atoms with Crippen LogP contribution in [0.2, 0.25) is 0 Å². The third-order valence-electron chi connectivity index (χ3n) is 3.96. The van der Waals surface area contributed by atoms with E-state index in [-0.39, 0.29) is 5.41 Å². The molecule has 19 heavy (non-hydrogen) atoms. The number of nitrogens with zero attached hydrogens (tertiary/aromatic N) is 3. The van der Waals surface area contributed by atoms with Gasteiger partial charge in [0.15, 0.2) is 0 Å². The summed E-state index contributed by atoms with van der Waals surface area (Å²) in [6.07, 6.45) is 9.68. The molecule has 1 fully saturated rings. The number of allylic oxidation sites excluding steroid dienone is 5. The van der Waals surface area contributed by atoms with Crippen molar-refractivity contribution in [2.24, 2.45) is 13.0 Å². The number of hydrogen-bond acceptors (Lipinski definition) is 2. The predicted octanol–water partition coefficient (Wildman–Crippen LogP) is 2.67. The van der Waals surface area contributed by atoms with Gasteiger partial charge in [0.1, 0.15) is 20.0 Å².